The van der Waals surface area contributed by atoms with Crippen molar-refractivity contribution in [3.8, 4) is 5.75 Å². The molecule has 0 saturated heterocycles. The lowest BCUT2D eigenvalue weighted by Gasteiger charge is -2.24. The van der Waals surface area contributed by atoms with Crippen molar-refractivity contribution >= 4 is 0 Å². The van der Waals surface area contributed by atoms with Gasteiger partial charge in [-0.15, -0.1) is 0 Å². The molecule has 1 aromatic heterocycles. The normalized spacial score (nSPS) is 13.9. The Morgan fingerprint density at radius 2 is 2.05 bits per heavy atom. The second kappa shape index (κ2) is 5.36. The zero-order valence-corrected chi connectivity index (χ0v) is 10.9. The van der Waals surface area contributed by atoms with Gasteiger partial charge < -0.3 is 9.84 Å². The van der Waals surface area contributed by atoms with Crippen LogP contribution < -0.4 is 4.74 Å². The molecule has 0 aliphatic heterocycles. The van der Waals surface area contributed by atoms with Crippen molar-refractivity contribution < 1.29 is 14.2 Å². The van der Waals surface area contributed by atoms with E-state index in [0.717, 1.165) is 6.20 Å². The molecule has 1 unspecified atom stereocenters. The summed E-state index contributed by atoms with van der Waals surface area (Å²) in [6.07, 6.45) is 2.56. The van der Waals surface area contributed by atoms with Crippen LogP contribution in [0.5, 0.6) is 5.75 Å². The number of nitrogens with zero attached hydrogens (tertiary/aromatic N) is 1. The van der Waals surface area contributed by atoms with Gasteiger partial charge in [-0.05, 0) is 37.6 Å². The lowest BCUT2D eigenvalue weighted by Crippen LogP contribution is -2.23. The molecule has 0 saturated carbocycles. The molecular weight excluding hydrogens is 245 g/mol. The Morgan fingerprint density at radius 1 is 1.26 bits per heavy atom. The number of hydrogen-bond donors (Lipinski definition) is 1. The van der Waals surface area contributed by atoms with E-state index in [9.17, 15) is 9.50 Å². The van der Waals surface area contributed by atoms with Crippen molar-refractivity contribution in [2.75, 3.05) is 6.61 Å². The van der Waals surface area contributed by atoms with Crippen molar-refractivity contribution in [1.82, 2.24) is 4.98 Å². The molecule has 2 aromatic rings. The highest BCUT2D eigenvalue weighted by molar-refractivity contribution is 5.38. The molecule has 0 spiro atoms. The van der Waals surface area contributed by atoms with Gasteiger partial charge >= 0.3 is 0 Å². The molecule has 0 amide bonds. The molecule has 2 rings (SSSR count). The summed E-state index contributed by atoms with van der Waals surface area (Å²) in [5.74, 6) is 0.198. The summed E-state index contributed by atoms with van der Waals surface area (Å²) in [5, 5.41) is 10.6. The Bertz CT molecular complexity index is 570. The van der Waals surface area contributed by atoms with Crippen molar-refractivity contribution in [3.63, 3.8) is 0 Å². The second-order valence-electron chi connectivity index (χ2n) is 4.42. The van der Waals surface area contributed by atoms with Gasteiger partial charge in [-0.25, -0.2) is 4.39 Å². The fourth-order valence-corrected chi connectivity index (χ4v) is 1.90. The van der Waals surface area contributed by atoms with E-state index in [1.165, 1.54) is 12.3 Å². The van der Waals surface area contributed by atoms with Crippen molar-refractivity contribution in [2.24, 2.45) is 0 Å². The van der Waals surface area contributed by atoms with E-state index >= 15 is 0 Å². The largest absolute Gasteiger partial charge is 0.494 e. The van der Waals surface area contributed by atoms with Gasteiger partial charge in [-0.2, -0.15) is 0 Å². The Labute approximate surface area is 111 Å². The van der Waals surface area contributed by atoms with E-state index in [4.69, 9.17) is 4.74 Å². The molecule has 1 heterocycles. The minimum absolute atomic E-state index is 0.404. The van der Waals surface area contributed by atoms with Gasteiger partial charge in [0.1, 0.15) is 17.2 Å². The third-order valence-corrected chi connectivity index (χ3v) is 2.97. The molecule has 1 atom stereocenters. The van der Waals surface area contributed by atoms with Gasteiger partial charge in [-0.3, -0.25) is 4.98 Å². The fourth-order valence-electron chi connectivity index (χ4n) is 1.90. The van der Waals surface area contributed by atoms with Crippen LogP contribution in [0.25, 0.3) is 0 Å². The number of hydrogen-bond acceptors (Lipinski definition) is 3. The monoisotopic (exact) mass is 261 g/mol. The summed E-state index contributed by atoms with van der Waals surface area (Å²) in [4.78, 5) is 3.77. The molecule has 0 bridgehead atoms. The minimum Gasteiger partial charge on any atom is -0.494 e. The van der Waals surface area contributed by atoms with Crippen LogP contribution in [0, 0.1) is 5.82 Å². The molecular formula is C15H16FNO2. The van der Waals surface area contributed by atoms with Crippen LogP contribution in [0.1, 0.15) is 25.0 Å². The van der Waals surface area contributed by atoms with Crippen molar-refractivity contribution in [2.45, 2.75) is 19.4 Å². The Morgan fingerprint density at radius 3 is 2.74 bits per heavy atom. The maximum Gasteiger partial charge on any atom is 0.141 e. The van der Waals surface area contributed by atoms with Crippen LogP contribution >= 0.6 is 0 Å². The van der Waals surface area contributed by atoms with Gasteiger partial charge in [0, 0.05) is 11.8 Å². The molecule has 0 aliphatic carbocycles. The Balaban J connectivity index is 2.41. The maximum atomic E-state index is 13.2. The number of halogens is 1. The lowest BCUT2D eigenvalue weighted by atomic mass is 9.89. The van der Waals surface area contributed by atoms with Crippen LogP contribution in [0.15, 0.2) is 42.7 Å². The van der Waals surface area contributed by atoms with Gasteiger partial charge in [0.15, 0.2) is 0 Å². The molecule has 0 radical (unpaired) electrons. The first-order valence-electron chi connectivity index (χ1n) is 6.10. The van der Waals surface area contributed by atoms with Gasteiger partial charge in [0.2, 0.25) is 0 Å². The summed E-state index contributed by atoms with van der Waals surface area (Å²) >= 11 is 0. The molecule has 1 aromatic carbocycles. The first-order chi connectivity index (χ1) is 9.04. The highest BCUT2D eigenvalue weighted by Crippen LogP contribution is 2.30. The summed E-state index contributed by atoms with van der Waals surface area (Å²) in [6.45, 7) is 4.04. The first kappa shape index (κ1) is 13.5. The molecule has 19 heavy (non-hydrogen) atoms. The summed E-state index contributed by atoms with van der Waals surface area (Å²) in [6, 6.07) is 8.40. The van der Waals surface area contributed by atoms with Crippen LogP contribution in [-0.2, 0) is 5.60 Å². The SMILES string of the molecule is CCOc1cccc(C(C)(O)c2cncc(F)c2)c1. The average molecular weight is 261 g/mol. The Kier molecular flexibility index (Phi) is 3.81. The van der Waals surface area contributed by atoms with E-state index < -0.39 is 11.4 Å². The second-order valence-corrected chi connectivity index (χ2v) is 4.42. The van der Waals surface area contributed by atoms with E-state index in [-0.39, 0.29) is 0 Å². The van der Waals surface area contributed by atoms with E-state index in [2.05, 4.69) is 4.98 Å². The average Bonchev–Trinajstić information content (AvgIpc) is 2.39. The van der Waals surface area contributed by atoms with Gasteiger partial charge in [0.25, 0.3) is 0 Å². The summed E-state index contributed by atoms with van der Waals surface area (Å²) in [5.41, 5.74) is -0.283. The minimum atomic E-state index is -1.32. The number of aromatic nitrogens is 1. The zero-order valence-electron chi connectivity index (χ0n) is 10.9. The van der Waals surface area contributed by atoms with Crippen LogP contribution in [0.2, 0.25) is 0 Å². The van der Waals surface area contributed by atoms with Crippen LogP contribution in [-0.4, -0.2) is 16.7 Å². The molecule has 100 valence electrons. The first-order valence-corrected chi connectivity index (χ1v) is 6.10. The number of rotatable bonds is 4. The van der Waals surface area contributed by atoms with Crippen LogP contribution in [0.4, 0.5) is 4.39 Å². The van der Waals surface area contributed by atoms with E-state index in [1.54, 1.807) is 25.1 Å². The zero-order chi connectivity index (χ0) is 13.9. The molecule has 4 heteroatoms. The van der Waals surface area contributed by atoms with E-state index in [0.29, 0.717) is 23.5 Å². The Hall–Kier alpha value is -1.94. The number of ether oxygens (including phenoxy) is 1. The standard InChI is InChI=1S/C15H16FNO2/c1-3-19-14-6-4-5-11(8-14)15(2,18)12-7-13(16)10-17-9-12/h4-10,18H,3H2,1-2H3. The van der Waals surface area contributed by atoms with E-state index in [1.807, 2.05) is 13.0 Å². The highest BCUT2D eigenvalue weighted by atomic mass is 19.1. The third-order valence-electron chi connectivity index (χ3n) is 2.97. The van der Waals surface area contributed by atoms with Crippen molar-refractivity contribution in [1.29, 1.82) is 0 Å². The maximum absolute atomic E-state index is 13.2. The smallest absolute Gasteiger partial charge is 0.141 e. The number of aliphatic hydroxyl groups is 1. The summed E-state index contributed by atoms with van der Waals surface area (Å²) < 4.78 is 18.6. The van der Waals surface area contributed by atoms with Crippen LogP contribution in [0.3, 0.4) is 0 Å². The number of pyridine rings is 1. The predicted octanol–water partition coefficient (Wildman–Crippen LogP) is 2.88. The van der Waals surface area contributed by atoms with Crippen molar-refractivity contribution in [3.05, 3.63) is 59.7 Å². The van der Waals surface area contributed by atoms with Gasteiger partial charge in [-0.1, -0.05) is 12.1 Å². The molecule has 0 aliphatic rings. The van der Waals surface area contributed by atoms with Gasteiger partial charge in [0.05, 0.1) is 12.8 Å². The highest BCUT2D eigenvalue weighted by Gasteiger charge is 2.26. The fraction of sp³-hybridized carbons (Fsp3) is 0.267. The molecule has 1 N–H and O–H groups in total. The topological polar surface area (TPSA) is 42.4 Å². The quantitative estimate of drug-likeness (QED) is 0.920. The molecule has 0 fully saturated rings. The number of benzene rings is 1. The summed E-state index contributed by atoms with van der Waals surface area (Å²) in [7, 11) is 0. The third kappa shape index (κ3) is 2.90. The molecule has 3 nitrogen and oxygen atoms in total. The lowest BCUT2D eigenvalue weighted by molar-refractivity contribution is 0.101. The predicted molar refractivity (Wildman–Crippen MR) is 70.5 cm³/mol.